The predicted octanol–water partition coefficient (Wildman–Crippen LogP) is 3.65. The summed E-state index contributed by atoms with van der Waals surface area (Å²) in [5.74, 6) is 0.228. The first kappa shape index (κ1) is 15.7. The van der Waals surface area contributed by atoms with Crippen molar-refractivity contribution in [1.82, 2.24) is 15.1 Å². The summed E-state index contributed by atoms with van der Waals surface area (Å²) in [7, 11) is 0. The summed E-state index contributed by atoms with van der Waals surface area (Å²) in [6.45, 7) is 3.24. The van der Waals surface area contributed by atoms with Gasteiger partial charge >= 0.3 is 6.03 Å². The molecule has 1 heterocycles. The summed E-state index contributed by atoms with van der Waals surface area (Å²) in [5.41, 5.74) is 0.659. The van der Waals surface area contributed by atoms with Crippen molar-refractivity contribution in [3.63, 3.8) is 0 Å². The van der Waals surface area contributed by atoms with Crippen LogP contribution in [0.15, 0.2) is 36.7 Å². The Kier molecular flexibility index (Phi) is 5.47. The Hall–Kier alpha value is -1.72. The fraction of sp³-hybridized carbons (Fsp3) is 0.286. The number of carbonyl (C=O) groups excluding carboxylic acids is 1. The number of benzene rings is 1. The maximum atomic E-state index is 11.8. The minimum absolute atomic E-state index is 0.228. The van der Waals surface area contributed by atoms with E-state index < -0.39 is 0 Å². The van der Waals surface area contributed by atoms with Gasteiger partial charge in [-0.25, -0.2) is 4.79 Å². The molecular weight excluding hydrogens is 311 g/mol. The van der Waals surface area contributed by atoms with E-state index in [0.717, 1.165) is 0 Å². The lowest BCUT2D eigenvalue weighted by molar-refractivity contribution is 0.249. The highest BCUT2D eigenvalue weighted by Gasteiger charge is 2.07. The molecule has 1 aromatic heterocycles. The quantitative estimate of drug-likeness (QED) is 0.881. The van der Waals surface area contributed by atoms with Crippen LogP contribution in [0.1, 0.15) is 6.92 Å². The van der Waals surface area contributed by atoms with Crippen LogP contribution in [0.25, 0.3) is 0 Å². The fourth-order valence-corrected chi connectivity index (χ4v) is 2.18. The molecule has 7 heteroatoms. The zero-order valence-electron chi connectivity index (χ0n) is 11.5. The van der Waals surface area contributed by atoms with Crippen molar-refractivity contribution < 1.29 is 4.79 Å². The number of rotatable bonds is 5. The first-order chi connectivity index (χ1) is 10.0. The molecule has 2 amide bonds. The van der Waals surface area contributed by atoms with Crippen LogP contribution in [-0.2, 0) is 6.54 Å². The molecule has 1 atom stereocenters. The summed E-state index contributed by atoms with van der Waals surface area (Å²) in [6, 6.07) is 6.74. The molecule has 0 aliphatic rings. The second-order valence-electron chi connectivity index (χ2n) is 4.83. The molecule has 0 aliphatic heterocycles. The SMILES string of the molecule is CC(CNC(=O)Nc1cccc(Cl)c1)Cn1cc(Cl)cn1. The van der Waals surface area contributed by atoms with Gasteiger partial charge in [-0.05, 0) is 24.1 Å². The number of urea groups is 1. The van der Waals surface area contributed by atoms with E-state index in [1.807, 2.05) is 6.92 Å². The smallest absolute Gasteiger partial charge is 0.319 e. The molecule has 0 spiro atoms. The van der Waals surface area contributed by atoms with Gasteiger partial charge in [0.15, 0.2) is 0 Å². The van der Waals surface area contributed by atoms with Crippen molar-refractivity contribution in [3.8, 4) is 0 Å². The zero-order valence-corrected chi connectivity index (χ0v) is 13.0. The topological polar surface area (TPSA) is 59.0 Å². The van der Waals surface area contributed by atoms with Crippen LogP contribution in [0.5, 0.6) is 0 Å². The number of anilines is 1. The Bertz CT molecular complexity index is 615. The monoisotopic (exact) mass is 326 g/mol. The number of hydrogen-bond donors (Lipinski definition) is 2. The van der Waals surface area contributed by atoms with Gasteiger partial charge in [0, 0.05) is 30.0 Å². The summed E-state index contributed by atoms with van der Waals surface area (Å²) in [4.78, 5) is 11.8. The number of hydrogen-bond acceptors (Lipinski definition) is 2. The van der Waals surface area contributed by atoms with E-state index in [9.17, 15) is 4.79 Å². The van der Waals surface area contributed by atoms with E-state index in [-0.39, 0.29) is 11.9 Å². The van der Waals surface area contributed by atoms with Crippen molar-refractivity contribution in [2.45, 2.75) is 13.5 Å². The molecular formula is C14H16Cl2N4O. The Morgan fingerprint density at radius 2 is 2.19 bits per heavy atom. The highest BCUT2D eigenvalue weighted by Crippen LogP contribution is 2.14. The van der Waals surface area contributed by atoms with Crippen molar-refractivity contribution in [3.05, 3.63) is 46.7 Å². The molecule has 2 N–H and O–H groups in total. The van der Waals surface area contributed by atoms with E-state index in [2.05, 4.69) is 15.7 Å². The lowest BCUT2D eigenvalue weighted by Gasteiger charge is -2.13. The average Bonchev–Trinajstić information content (AvgIpc) is 2.82. The molecule has 0 radical (unpaired) electrons. The zero-order chi connectivity index (χ0) is 15.2. The average molecular weight is 327 g/mol. The van der Waals surface area contributed by atoms with Crippen molar-refractivity contribution in [1.29, 1.82) is 0 Å². The van der Waals surface area contributed by atoms with Crippen molar-refractivity contribution in [2.75, 3.05) is 11.9 Å². The first-order valence-corrected chi connectivity index (χ1v) is 7.27. The van der Waals surface area contributed by atoms with Gasteiger partial charge in [-0.3, -0.25) is 4.68 Å². The molecule has 0 saturated heterocycles. The van der Waals surface area contributed by atoms with Crippen molar-refractivity contribution >= 4 is 34.9 Å². The van der Waals surface area contributed by atoms with Crippen molar-refractivity contribution in [2.24, 2.45) is 5.92 Å². The number of nitrogens with zero attached hydrogens (tertiary/aromatic N) is 2. The minimum atomic E-state index is -0.261. The minimum Gasteiger partial charge on any atom is -0.338 e. The molecule has 1 unspecified atom stereocenters. The molecule has 21 heavy (non-hydrogen) atoms. The van der Waals surface area contributed by atoms with Crippen LogP contribution in [0.4, 0.5) is 10.5 Å². The maximum Gasteiger partial charge on any atom is 0.319 e. The van der Waals surface area contributed by atoms with E-state index >= 15 is 0 Å². The van der Waals surface area contributed by atoms with Crippen LogP contribution in [0.2, 0.25) is 10.0 Å². The summed E-state index contributed by atoms with van der Waals surface area (Å²) >= 11 is 11.7. The third kappa shape index (κ3) is 5.28. The third-order valence-electron chi connectivity index (χ3n) is 2.79. The lowest BCUT2D eigenvalue weighted by atomic mass is 10.2. The molecule has 0 bridgehead atoms. The number of aromatic nitrogens is 2. The van der Waals surface area contributed by atoms with Crippen LogP contribution in [0, 0.1) is 5.92 Å². The standard InChI is InChI=1S/C14H16Cl2N4O/c1-10(8-20-9-12(16)7-18-20)6-17-14(21)19-13-4-2-3-11(15)5-13/h2-5,7,9-10H,6,8H2,1H3,(H2,17,19,21). The Labute approximate surface area is 133 Å². The van der Waals surface area contributed by atoms with Crippen LogP contribution in [0.3, 0.4) is 0 Å². The van der Waals surface area contributed by atoms with Gasteiger partial charge in [0.2, 0.25) is 0 Å². The predicted molar refractivity (Wildman–Crippen MR) is 84.9 cm³/mol. The Balaban J connectivity index is 1.75. The molecule has 5 nitrogen and oxygen atoms in total. The van der Waals surface area contributed by atoms with Gasteiger partial charge < -0.3 is 10.6 Å². The van der Waals surface area contributed by atoms with Gasteiger partial charge in [-0.2, -0.15) is 5.10 Å². The third-order valence-corrected chi connectivity index (χ3v) is 3.22. The second-order valence-corrected chi connectivity index (χ2v) is 5.70. The van der Waals surface area contributed by atoms with Crippen LogP contribution < -0.4 is 10.6 Å². The number of halogens is 2. The summed E-state index contributed by atoms with van der Waals surface area (Å²) in [6.07, 6.45) is 3.34. The summed E-state index contributed by atoms with van der Waals surface area (Å²) < 4.78 is 1.75. The van der Waals surface area contributed by atoms with Crippen LogP contribution >= 0.6 is 23.2 Å². The highest BCUT2D eigenvalue weighted by atomic mass is 35.5. The van der Waals surface area contributed by atoms with E-state index in [1.54, 1.807) is 41.3 Å². The highest BCUT2D eigenvalue weighted by molar-refractivity contribution is 6.31. The van der Waals surface area contributed by atoms with Gasteiger partial charge in [-0.15, -0.1) is 0 Å². The number of carbonyl (C=O) groups is 1. The Morgan fingerprint density at radius 1 is 1.38 bits per heavy atom. The Morgan fingerprint density at radius 3 is 2.86 bits per heavy atom. The maximum absolute atomic E-state index is 11.8. The largest absolute Gasteiger partial charge is 0.338 e. The molecule has 0 fully saturated rings. The van der Waals surface area contributed by atoms with E-state index in [0.29, 0.717) is 28.8 Å². The summed E-state index contributed by atoms with van der Waals surface area (Å²) in [5, 5.41) is 10.8. The number of nitrogens with one attached hydrogen (secondary N) is 2. The molecule has 2 aromatic rings. The van der Waals surface area contributed by atoms with Gasteiger partial charge in [-0.1, -0.05) is 36.2 Å². The molecule has 1 aromatic carbocycles. The van der Waals surface area contributed by atoms with Gasteiger partial charge in [0.25, 0.3) is 0 Å². The fourth-order valence-electron chi connectivity index (χ4n) is 1.83. The lowest BCUT2D eigenvalue weighted by Crippen LogP contribution is -2.33. The molecule has 0 aliphatic carbocycles. The normalized spacial score (nSPS) is 12.0. The first-order valence-electron chi connectivity index (χ1n) is 6.51. The van der Waals surface area contributed by atoms with Gasteiger partial charge in [0.1, 0.15) is 0 Å². The molecule has 0 saturated carbocycles. The van der Waals surface area contributed by atoms with E-state index in [4.69, 9.17) is 23.2 Å². The van der Waals surface area contributed by atoms with Crippen LogP contribution in [-0.4, -0.2) is 22.4 Å². The van der Waals surface area contributed by atoms with Gasteiger partial charge in [0.05, 0.1) is 11.2 Å². The van der Waals surface area contributed by atoms with E-state index in [1.165, 1.54) is 0 Å². The molecule has 112 valence electrons. The second kappa shape index (κ2) is 7.33. The molecule has 2 rings (SSSR count). The number of amides is 2.